The van der Waals surface area contributed by atoms with Gasteiger partial charge in [-0.05, 0) is 34.1 Å². The summed E-state index contributed by atoms with van der Waals surface area (Å²) in [5.74, 6) is 0.295. The van der Waals surface area contributed by atoms with Gasteiger partial charge in [-0.1, -0.05) is 19.1 Å². The van der Waals surface area contributed by atoms with Gasteiger partial charge in [-0.2, -0.15) is 0 Å². The minimum atomic E-state index is -0.220. The van der Waals surface area contributed by atoms with Crippen LogP contribution in [0.1, 0.15) is 12.5 Å². The topological polar surface area (TPSA) is 12.5 Å². The van der Waals surface area contributed by atoms with Crippen molar-refractivity contribution >= 4 is 27.5 Å². The molecule has 1 aromatic rings. The number of alkyl halides is 1. The summed E-state index contributed by atoms with van der Waals surface area (Å²) in [6.07, 6.45) is 0. The molecule has 1 rings (SSSR count). The van der Waals surface area contributed by atoms with Crippen LogP contribution in [0.3, 0.4) is 0 Å². The third-order valence-corrected chi connectivity index (χ3v) is 3.69. The van der Waals surface area contributed by atoms with Crippen LogP contribution in [0.2, 0.25) is 0 Å². The highest BCUT2D eigenvalue weighted by molar-refractivity contribution is 9.10. The number of hydrogen-bond donors (Lipinski definition) is 0. The lowest BCUT2D eigenvalue weighted by molar-refractivity contribution is 0.114. The zero-order valence-corrected chi connectivity index (χ0v) is 12.8. The van der Waals surface area contributed by atoms with Crippen molar-refractivity contribution in [3.8, 4) is 0 Å². The zero-order chi connectivity index (χ0) is 13.4. The zero-order valence-electron chi connectivity index (χ0n) is 10.5. The lowest BCUT2D eigenvalue weighted by Crippen LogP contribution is -2.27. The summed E-state index contributed by atoms with van der Waals surface area (Å²) >= 11 is 8.81. The fourth-order valence-electron chi connectivity index (χ4n) is 1.61. The van der Waals surface area contributed by atoms with Crippen LogP contribution in [0.5, 0.6) is 0 Å². The van der Waals surface area contributed by atoms with Gasteiger partial charge in [0.05, 0.1) is 17.7 Å². The molecular formula is C13H18BrClFNO. The summed E-state index contributed by atoms with van der Waals surface area (Å²) < 4.78 is 19.3. The van der Waals surface area contributed by atoms with Gasteiger partial charge in [-0.15, -0.1) is 11.6 Å². The highest BCUT2D eigenvalue weighted by Crippen LogP contribution is 2.21. The van der Waals surface area contributed by atoms with E-state index < -0.39 is 0 Å². The standard InChI is InChI=1S/C13H18BrClFNO/c1-2-17(7-9-18-8-6-15)10-11-4-3-5-12(16)13(11)14/h3-5H,2,6-10H2,1H3. The predicted molar refractivity (Wildman–Crippen MR) is 76.6 cm³/mol. The predicted octanol–water partition coefficient (Wildman–Crippen LogP) is 3.67. The van der Waals surface area contributed by atoms with Crippen molar-refractivity contribution in [3.63, 3.8) is 0 Å². The van der Waals surface area contributed by atoms with Gasteiger partial charge in [0.15, 0.2) is 0 Å². The number of hydrogen-bond acceptors (Lipinski definition) is 2. The number of rotatable bonds is 8. The molecule has 0 bridgehead atoms. The molecule has 1 aromatic carbocycles. The van der Waals surface area contributed by atoms with E-state index in [1.54, 1.807) is 6.07 Å². The molecular weight excluding hydrogens is 321 g/mol. The molecule has 0 radical (unpaired) electrons. The van der Waals surface area contributed by atoms with Crippen LogP contribution >= 0.6 is 27.5 Å². The molecule has 0 N–H and O–H groups in total. The van der Waals surface area contributed by atoms with E-state index in [1.165, 1.54) is 6.07 Å². The Bertz CT molecular complexity index is 365. The fraction of sp³-hybridized carbons (Fsp3) is 0.538. The molecule has 0 aliphatic rings. The minimum absolute atomic E-state index is 0.220. The Morgan fingerprint density at radius 1 is 1.39 bits per heavy atom. The van der Waals surface area contributed by atoms with Gasteiger partial charge in [-0.3, -0.25) is 4.90 Å². The number of halogens is 3. The maximum absolute atomic E-state index is 13.4. The third-order valence-electron chi connectivity index (χ3n) is 2.65. The molecule has 2 nitrogen and oxygen atoms in total. The average Bonchev–Trinajstić information content (AvgIpc) is 2.38. The van der Waals surface area contributed by atoms with Gasteiger partial charge >= 0.3 is 0 Å². The highest BCUT2D eigenvalue weighted by atomic mass is 79.9. The van der Waals surface area contributed by atoms with E-state index in [4.69, 9.17) is 16.3 Å². The third kappa shape index (κ3) is 5.22. The molecule has 0 spiro atoms. The Morgan fingerprint density at radius 3 is 2.83 bits per heavy atom. The molecule has 102 valence electrons. The van der Waals surface area contributed by atoms with Crippen molar-refractivity contribution < 1.29 is 9.13 Å². The summed E-state index contributed by atoms with van der Waals surface area (Å²) in [4.78, 5) is 2.20. The van der Waals surface area contributed by atoms with Crippen LogP contribution in [0.25, 0.3) is 0 Å². The first kappa shape index (κ1) is 15.9. The van der Waals surface area contributed by atoms with E-state index in [-0.39, 0.29) is 5.82 Å². The van der Waals surface area contributed by atoms with E-state index in [9.17, 15) is 4.39 Å². The largest absolute Gasteiger partial charge is 0.379 e. The van der Waals surface area contributed by atoms with E-state index in [2.05, 4.69) is 27.8 Å². The molecule has 0 amide bonds. The maximum atomic E-state index is 13.4. The van der Waals surface area contributed by atoms with Crippen molar-refractivity contribution in [2.75, 3.05) is 32.2 Å². The first-order valence-electron chi connectivity index (χ1n) is 5.98. The second-order valence-corrected chi connectivity index (χ2v) is 5.05. The Balaban J connectivity index is 2.49. The first-order chi connectivity index (χ1) is 8.69. The van der Waals surface area contributed by atoms with Crippen LogP contribution in [0.15, 0.2) is 22.7 Å². The molecule has 18 heavy (non-hydrogen) atoms. The van der Waals surface area contributed by atoms with E-state index in [1.807, 2.05) is 6.07 Å². The number of benzene rings is 1. The van der Waals surface area contributed by atoms with Crippen LogP contribution in [-0.2, 0) is 11.3 Å². The Labute approximate surface area is 121 Å². The second kappa shape index (κ2) is 8.86. The highest BCUT2D eigenvalue weighted by Gasteiger charge is 2.09. The normalized spacial score (nSPS) is 11.2. The van der Waals surface area contributed by atoms with Crippen LogP contribution in [-0.4, -0.2) is 37.1 Å². The molecule has 0 fully saturated rings. The molecule has 0 aromatic heterocycles. The van der Waals surface area contributed by atoms with Crippen molar-refractivity contribution in [2.45, 2.75) is 13.5 Å². The van der Waals surface area contributed by atoms with Crippen molar-refractivity contribution in [1.29, 1.82) is 0 Å². The summed E-state index contributed by atoms with van der Waals surface area (Å²) in [6.45, 7) is 5.72. The first-order valence-corrected chi connectivity index (χ1v) is 7.30. The Morgan fingerprint density at radius 2 is 2.17 bits per heavy atom. The summed E-state index contributed by atoms with van der Waals surface area (Å²) in [6, 6.07) is 5.11. The van der Waals surface area contributed by atoms with Gasteiger partial charge < -0.3 is 4.74 Å². The van der Waals surface area contributed by atoms with Crippen LogP contribution < -0.4 is 0 Å². The summed E-state index contributed by atoms with van der Waals surface area (Å²) in [7, 11) is 0. The van der Waals surface area contributed by atoms with Gasteiger partial charge in [0.25, 0.3) is 0 Å². The number of ether oxygens (including phenoxy) is 1. The van der Waals surface area contributed by atoms with E-state index >= 15 is 0 Å². The van der Waals surface area contributed by atoms with Gasteiger partial charge in [0.2, 0.25) is 0 Å². The average molecular weight is 339 g/mol. The molecule has 0 aliphatic heterocycles. The second-order valence-electron chi connectivity index (χ2n) is 3.88. The lowest BCUT2D eigenvalue weighted by Gasteiger charge is -2.21. The van der Waals surface area contributed by atoms with E-state index in [0.717, 1.165) is 18.7 Å². The van der Waals surface area contributed by atoms with Crippen LogP contribution in [0, 0.1) is 5.82 Å². The number of likely N-dealkylation sites (N-methyl/N-ethyl adjacent to an activating group) is 1. The molecule has 0 atom stereocenters. The smallest absolute Gasteiger partial charge is 0.137 e. The maximum Gasteiger partial charge on any atom is 0.137 e. The Kier molecular flexibility index (Phi) is 7.82. The summed E-state index contributed by atoms with van der Waals surface area (Å²) in [5, 5.41) is 0. The molecule has 0 heterocycles. The van der Waals surface area contributed by atoms with Crippen molar-refractivity contribution in [3.05, 3.63) is 34.1 Å². The molecule has 5 heteroatoms. The van der Waals surface area contributed by atoms with Gasteiger partial charge in [-0.25, -0.2) is 4.39 Å². The molecule has 0 saturated heterocycles. The van der Waals surface area contributed by atoms with E-state index in [0.29, 0.717) is 30.1 Å². The molecule has 0 saturated carbocycles. The lowest BCUT2D eigenvalue weighted by atomic mass is 10.2. The molecule has 0 unspecified atom stereocenters. The monoisotopic (exact) mass is 337 g/mol. The summed E-state index contributed by atoms with van der Waals surface area (Å²) in [5.41, 5.74) is 0.953. The van der Waals surface area contributed by atoms with Gasteiger partial charge in [0.1, 0.15) is 5.82 Å². The van der Waals surface area contributed by atoms with Crippen LogP contribution in [0.4, 0.5) is 4.39 Å². The van der Waals surface area contributed by atoms with Crippen molar-refractivity contribution in [2.24, 2.45) is 0 Å². The molecule has 0 aliphatic carbocycles. The van der Waals surface area contributed by atoms with Gasteiger partial charge in [0, 0.05) is 19.0 Å². The minimum Gasteiger partial charge on any atom is -0.379 e. The van der Waals surface area contributed by atoms with Crippen molar-refractivity contribution in [1.82, 2.24) is 4.90 Å². The quantitative estimate of drug-likeness (QED) is 0.530. The number of nitrogens with zero attached hydrogens (tertiary/aromatic N) is 1. The SMILES string of the molecule is CCN(CCOCCCl)Cc1cccc(F)c1Br. The Hall–Kier alpha value is -0.160. The fourth-order valence-corrected chi connectivity index (χ4v) is 2.11.